The van der Waals surface area contributed by atoms with Crippen molar-refractivity contribution in [3.63, 3.8) is 0 Å². The predicted molar refractivity (Wildman–Crippen MR) is 148 cm³/mol. The summed E-state index contributed by atoms with van der Waals surface area (Å²) >= 11 is 0. The maximum absolute atomic E-state index is 12.8. The molecular formula is C27H45N7O2. The van der Waals surface area contributed by atoms with Gasteiger partial charge in [-0.1, -0.05) is 32.1 Å². The summed E-state index contributed by atoms with van der Waals surface area (Å²) < 4.78 is 0. The number of likely N-dealkylation sites (tertiary alicyclic amines) is 1. The molecule has 2 fully saturated rings. The van der Waals surface area contributed by atoms with Crippen LogP contribution < -0.4 is 21.5 Å². The van der Waals surface area contributed by atoms with Crippen LogP contribution in [0.1, 0.15) is 70.3 Å². The molecule has 0 bridgehead atoms. The number of hydrogen-bond acceptors (Lipinski definition) is 7. The van der Waals surface area contributed by atoms with Crippen LogP contribution in [-0.4, -0.2) is 83.6 Å². The average Bonchev–Trinajstić information content (AvgIpc) is 3.10. The predicted octanol–water partition coefficient (Wildman–Crippen LogP) is 2.77. The van der Waals surface area contributed by atoms with Crippen molar-refractivity contribution < 1.29 is 4.79 Å². The smallest absolute Gasteiger partial charge is 0.291 e. The molecule has 1 unspecified atom stereocenters. The van der Waals surface area contributed by atoms with E-state index in [-0.39, 0.29) is 17.1 Å². The maximum atomic E-state index is 12.8. The van der Waals surface area contributed by atoms with Crippen molar-refractivity contribution in [3.05, 3.63) is 39.8 Å². The third kappa shape index (κ3) is 6.97. The Balaban J connectivity index is 1.65. The lowest BCUT2D eigenvalue weighted by Crippen LogP contribution is -2.49. The van der Waals surface area contributed by atoms with E-state index in [1.807, 2.05) is 11.8 Å². The highest BCUT2D eigenvalue weighted by atomic mass is 16.2. The fourth-order valence-corrected chi connectivity index (χ4v) is 5.40. The summed E-state index contributed by atoms with van der Waals surface area (Å²) in [5, 5.41) is 2.66. The quantitative estimate of drug-likeness (QED) is 0.448. The minimum atomic E-state index is -0.409. The third-order valence-corrected chi connectivity index (χ3v) is 7.46. The number of H-pyrrole nitrogens is 1. The molecule has 9 heteroatoms. The second-order valence-electron chi connectivity index (χ2n) is 9.77. The molecule has 0 saturated carbocycles. The van der Waals surface area contributed by atoms with Crippen LogP contribution in [0, 0.1) is 0 Å². The van der Waals surface area contributed by atoms with Crippen LogP contribution in [0.15, 0.2) is 28.6 Å². The highest BCUT2D eigenvalue weighted by Gasteiger charge is 2.32. The first kappa shape index (κ1) is 27.9. The Morgan fingerprint density at radius 2 is 1.89 bits per heavy atom. The van der Waals surface area contributed by atoms with Gasteiger partial charge in [0.05, 0.1) is 0 Å². The second-order valence-corrected chi connectivity index (χ2v) is 9.77. The number of carbonyl (C=O) groups is 1. The Morgan fingerprint density at radius 3 is 2.53 bits per heavy atom. The fraction of sp³-hybridized carbons (Fsp3) is 0.667. The van der Waals surface area contributed by atoms with Gasteiger partial charge in [-0.25, -0.2) is 4.98 Å². The number of aromatic nitrogens is 2. The fourth-order valence-electron chi connectivity index (χ4n) is 5.40. The number of piperidine rings is 1. The van der Waals surface area contributed by atoms with E-state index in [1.165, 1.54) is 5.57 Å². The zero-order chi connectivity index (χ0) is 26.1. The van der Waals surface area contributed by atoms with Crippen LogP contribution in [-0.2, 0) is 0 Å². The molecular weight excluding hydrogens is 454 g/mol. The van der Waals surface area contributed by atoms with E-state index in [0.29, 0.717) is 24.4 Å². The van der Waals surface area contributed by atoms with Crippen LogP contribution in [0.2, 0.25) is 0 Å². The minimum absolute atomic E-state index is 0.0338. The lowest BCUT2D eigenvalue weighted by atomic mass is 9.98. The molecule has 1 amide bonds. The minimum Gasteiger partial charge on any atom is -0.382 e. The molecule has 1 atom stereocenters. The Bertz CT molecular complexity index is 979. The number of amides is 1. The number of carbonyl (C=O) groups excluding carboxylic acids is 1. The van der Waals surface area contributed by atoms with Gasteiger partial charge in [0, 0.05) is 44.8 Å². The number of nitrogens with zero attached hydrogens (tertiary/aromatic N) is 4. The van der Waals surface area contributed by atoms with E-state index in [1.54, 1.807) is 0 Å². The number of aromatic amines is 1. The van der Waals surface area contributed by atoms with Crippen molar-refractivity contribution >= 4 is 17.5 Å². The monoisotopic (exact) mass is 499 g/mol. The van der Waals surface area contributed by atoms with Crippen molar-refractivity contribution in [2.24, 2.45) is 0 Å². The zero-order valence-corrected chi connectivity index (χ0v) is 22.6. The summed E-state index contributed by atoms with van der Waals surface area (Å²) in [5.41, 5.74) is 7.12. The van der Waals surface area contributed by atoms with Gasteiger partial charge in [0.25, 0.3) is 11.5 Å². The molecule has 0 aliphatic carbocycles. The molecule has 0 radical (unpaired) electrons. The summed E-state index contributed by atoms with van der Waals surface area (Å²) in [4.78, 5) is 39.3. The van der Waals surface area contributed by atoms with Crippen LogP contribution in [0.3, 0.4) is 0 Å². The number of nitrogens with two attached hydrogens (primary N) is 1. The summed E-state index contributed by atoms with van der Waals surface area (Å²) in [6.45, 7) is 14.4. The van der Waals surface area contributed by atoms with Crippen LogP contribution >= 0.6 is 0 Å². The normalized spacial score (nSPS) is 21.2. The molecule has 0 aromatic carbocycles. The molecule has 4 N–H and O–H groups in total. The standard InChI is InChI=1S/C27H45N7O2/c1-5-9-10-20(6-2)19-32-14-11-22(12-15-32)34-18-17-33(16-13-21(34)7-3)25-27(36)30-23(24(28)31-25)26(35)29-8-4/h6,9-10,21-22H,5,7-8,11-19H2,1-4H3,(H2,28,31)(H,29,35)(H,30,36)/b10-9-,20-6+. The summed E-state index contributed by atoms with van der Waals surface area (Å²) in [6.07, 6.45) is 12.2. The molecule has 36 heavy (non-hydrogen) atoms. The van der Waals surface area contributed by atoms with E-state index in [4.69, 9.17) is 5.73 Å². The third-order valence-electron chi connectivity index (χ3n) is 7.46. The first-order chi connectivity index (χ1) is 17.4. The SMILES string of the molecule is C/C=C(\C=C/CC)CN1CCC(N2CCN(c3nc(N)c(C(=O)NCC)[nH]c3=O)CCC2CC)CC1. The van der Waals surface area contributed by atoms with Crippen molar-refractivity contribution in [1.29, 1.82) is 0 Å². The number of nitrogens with one attached hydrogen (secondary N) is 2. The van der Waals surface area contributed by atoms with Gasteiger partial charge in [-0.05, 0) is 64.6 Å². The Morgan fingerprint density at radius 1 is 1.14 bits per heavy atom. The molecule has 2 saturated heterocycles. The molecule has 9 nitrogen and oxygen atoms in total. The van der Waals surface area contributed by atoms with Crippen molar-refractivity contribution in [2.75, 3.05) is 56.4 Å². The first-order valence-electron chi connectivity index (χ1n) is 13.6. The molecule has 200 valence electrons. The van der Waals surface area contributed by atoms with Crippen molar-refractivity contribution in [2.45, 2.75) is 71.9 Å². The van der Waals surface area contributed by atoms with E-state index < -0.39 is 5.91 Å². The van der Waals surface area contributed by atoms with E-state index in [0.717, 1.165) is 71.4 Å². The molecule has 1 aromatic heterocycles. The number of hydrogen-bond donors (Lipinski definition) is 3. The van der Waals surface area contributed by atoms with E-state index >= 15 is 0 Å². The lowest BCUT2D eigenvalue weighted by molar-refractivity contribution is 0.0798. The van der Waals surface area contributed by atoms with Gasteiger partial charge in [-0.15, -0.1) is 0 Å². The van der Waals surface area contributed by atoms with Crippen LogP contribution in [0.5, 0.6) is 0 Å². The Labute approximate surface area is 215 Å². The van der Waals surface area contributed by atoms with Gasteiger partial charge in [-0.2, -0.15) is 0 Å². The van der Waals surface area contributed by atoms with Crippen LogP contribution in [0.25, 0.3) is 0 Å². The van der Waals surface area contributed by atoms with Crippen molar-refractivity contribution in [3.8, 4) is 0 Å². The van der Waals surface area contributed by atoms with Gasteiger partial charge in [0.2, 0.25) is 0 Å². The lowest BCUT2D eigenvalue weighted by Gasteiger charge is -2.41. The Hall–Kier alpha value is -2.65. The van der Waals surface area contributed by atoms with Crippen molar-refractivity contribution in [1.82, 2.24) is 25.1 Å². The van der Waals surface area contributed by atoms with Gasteiger partial charge in [-0.3, -0.25) is 19.4 Å². The molecule has 2 aliphatic rings. The zero-order valence-electron chi connectivity index (χ0n) is 22.6. The summed E-state index contributed by atoms with van der Waals surface area (Å²) in [6, 6.07) is 1.04. The highest BCUT2D eigenvalue weighted by Crippen LogP contribution is 2.25. The molecule has 2 aliphatic heterocycles. The average molecular weight is 500 g/mol. The van der Waals surface area contributed by atoms with Gasteiger partial charge in [0.1, 0.15) is 5.69 Å². The van der Waals surface area contributed by atoms with Gasteiger partial charge >= 0.3 is 0 Å². The number of nitrogen functional groups attached to an aromatic ring is 1. The largest absolute Gasteiger partial charge is 0.382 e. The van der Waals surface area contributed by atoms with E-state index in [9.17, 15) is 9.59 Å². The molecule has 3 heterocycles. The van der Waals surface area contributed by atoms with E-state index in [2.05, 4.69) is 64.1 Å². The van der Waals surface area contributed by atoms with Gasteiger partial charge in [0.15, 0.2) is 11.6 Å². The first-order valence-corrected chi connectivity index (χ1v) is 13.6. The molecule has 1 aromatic rings. The summed E-state index contributed by atoms with van der Waals surface area (Å²) in [7, 11) is 0. The Kier molecular flexibility index (Phi) is 10.6. The number of allylic oxidation sites excluding steroid dienone is 2. The second kappa shape index (κ2) is 13.6. The highest BCUT2D eigenvalue weighted by molar-refractivity contribution is 5.96. The summed E-state index contributed by atoms with van der Waals surface area (Å²) in [5.74, 6) is -0.0371. The maximum Gasteiger partial charge on any atom is 0.291 e. The van der Waals surface area contributed by atoms with Gasteiger partial charge < -0.3 is 20.9 Å². The topological polar surface area (TPSA) is 111 Å². The molecule has 3 rings (SSSR count). The van der Waals surface area contributed by atoms with Crippen LogP contribution in [0.4, 0.5) is 11.6 Å². The number of anilines is 2. The number of rotatable bonds is 9. The molecule has 0 spiro atoms.